The highest BCUT2D eigenvalue weighted by molar-refractivity contribution is 5.18. The van der Waals surface area contributed by atoms with Crippen molar-refractivity contribution in [1.29, 1.82) is 5.26 Å². The molecule has 1 aliphatic rings. The molecule has 1 saturated heterocycles. The number of furan rings is 1. The van der Waals surface area contributed by atoms with Crippen LogP contribution in [0, 0.1) is 11.3 Å². The summed E-state index contributed by atoms with van der Waals surface area (Å²) in [7, 11) is 0. The highest BCUT2D eigenvalue weighted by Crippen LogP contribution is 2.23. The molecule has 0 aromatic carbocycles. The summed E-state index contributed by atoms with van der Waals surface area (Å²) in [5.41, 5.74) is 0. The molecule has 1 aliphatic heterocycles. The van der Waals surface area contributed by atoms with Crippen molar-refractivity contribution < 1.29 is 34.3 Å². The van der Waals surface area contributed by atoms with Crippen molar-refractivity contribution in [1.82, 2.24) is 0 Å². The monoisotopic (exact) mass is 285 g/mol. The topological polar surface area (TPSA) is 136 Å². The van der Waals surface area contributed by atoms with Crippen LogP contribution >= 0.6 is 0 Å². The van der Waals surface area contributed by atoms with E-state index in [-0.39, 0.29) is 12.4 Å². The number of aliphatic hydroxyl groups excluding tert-OH is 4. The Morgan fingerprint density at radius 3 is 2.55 bits per heavy atom. The summed E-state index contributed by atoms with van der Waals surface area (Å²) in [5, 5.41) is 46.5. The van der Waals surface area contributed by atoms with Gasteiger partial charge in [-0.1, -0.05) is 0 Å². The van der Waals surface area contributed by atoms with Crippen molar-refractivity contribution in [3.63, 3.8) is 0 Å². The van der Waals surface area contributed by atoms with Gasteiger partial charge in [-0.3, -0.25) is 0 Å². The molecule has 5 atom stereocenters. The number of ether oxygens (including phenoxy) is 2. The molecule has 1 fully saturated rings. The van der Waals surface area contributed by atoms with Gasteiger partial charge in [-0.05, 0) is 12.1 Å². The van der Waals surface area contributed by atoms with E-state index in [4.69, 9.17) is 24.3 Å². The molecule has 0 unspecified atom stereocenters. The standard InChI is InChI=1S/C12H15NO7/c13-3-6-1-2-7(19-6)5-18-12-11(17)10(16)9(15)8(4-14)20-12/h1-2,8-12,14-17H,4-5H2/t8-,9-,10+,11-,12+/m1/s1. The van der Waals surface area contributed by atoms with Gasteiger partial charge in [-0.15, -0.1) is 0 Å². The van der Waals surface area contributed by atoms with Crippen LogP contribution in [0.5, 0.6) is 0 Å². The molecule has 1 aromatic rings. The van der Waals surface area contributed by atoms with Crippen molar-refractivity contribution in [2.75, 3.05) is 6.61 Å². The minimum atomic E-state index is -1.49. The van der Waals surface area contributed by atoms with Crippen LogP contribution in [0.2, 0.25) is 0 Å². The Balaban J connectivity index is 1.96. The third-order valence-corrected chi connectivity index (χ3v) is 3.01. The molecule has 0 spiro atoms. The van der Waals surface area contributed by atoms with Gasteiger partial charge in [-0.25, -0.2) is 0 Å². The van der Waals surface area contributed by atoms with Crippen LogP contribution in [0.3, 0.4) is 0 Å². The Morgan fingerprint density at radius 1 is 1.20 bits per heavy atom. The van der Waals surface area contributed by atoms with Crippen LogP contribution in [-0.4, -0.2) is 57.7 Å². The molecule has 2 heterocycles. The number of nitrogens with zero attached hydrogens (tertiary/aromatic N) is 1. The highest BCUT2D eigenvalue weighted by atomic mass is 16.7. The smallest absolute Gasteiger partial charge is 0.203 e. The van der Waals surface area contributed by atoms with Gasteiger partial charge in [0.05, 0.1) is 6.61 Å². The second-order valence-electron chi connectivity index (χ2n) is 4.39. The highest BCUT2D eigenvalue weighted by Gasteiger charge is 2.44. The van der Waals surface area contributed by atoms with Gasteiger partial charge in [0.1, 0.15) is 42.9 Å². The third-order valence-electron chi connectivity index (χ3n) is 3.01. The molecule has 2 rings (SSSR count). The summed E-state index contributed by atoms with van der Waals surface area (Å²) >= 11 is 0. The number of hydrogen-bond acceptors (Lipinski definition) is 8. The normalized spacial score (nSPS) is 33.9. The Morgan fingerprint density at radius 2 is 1.95 bits per heavy atom. The zero-order chi connectivity index (χ0) is 14.7. The lowest BCUT2D eigenvalue weighted by atomic mass is 9.99. The lowest BCUT2D eigenvalue weighted by Crippen LogP contribution is -2.59. The first-order chi connectivity index (χ1) is 9.56. The molecule has 20 heavy (non-hydrogen) atoms. The third kappa shape index (κ3) is 2.99. The second-order valence-corrected chi connectivity index (χ2v) is 4.39. The lowest BCUT2D eigenvalue weighted by molar-refractivity contribution is -0.304. The SMILES string of the molecule is N#Cc1ccc(CO[C@H]2O[C@H](CO)[C@@H](O)[C@H](O)[C@H]2O)o1. The molecular formula is C12H15NO7. The average Bonchev–Trinajstić information content (AvgIpc) is 2.92. The largest absolute Gasteiger partial charge is 0.448 e. The number of hydrogen-bond donors (Lipinski definition) is 4. The van der Waals surface area contributed by atoms with E-state index in [0.717, 1.165) is 0 Å². The Labute approximate surface area is 114 Å². The van der Waals surface area contributed by atoms with Crippen molar-refractivity contribution in [2.45, 2.75) is 37.3 Å². The van der Waals surface area contributed by atoms with Gasteiger partial charge in [0, 0.05) is 0 Å². The summed E-state index contributed by atoms with van der Waals surface area (Å²) in [6.45, 7) is -0.617. The summed E-state index contributed by atoms with van der Waals surface area (Å²) in [5.74, 6) is 0.468. The van der Waals surface area contributed by atoms with E-state index in [9.17, 15) is 15.3 Å². The maximum Gasteiger partial charge on any atom is 0.203 e. The molecule has 0 bridgehead atoms. The first kappa shape index (κ1) is 14.9. The molecule has 0 amide bonds. The van der Waals surface area contributed by atoms with E-state index in [0.29, 0.717) is 5.76 Å². The predicted octanol–water partition coefficient (Wildman–Crippen LogP) is -1.53. The fourth-order valence-corrected chi connectivity index (χ4v) is 1.88. The van der Waals surface area contributed by atoms with Gasteiger partial charge in [0.15, 0.2) is 6.29 Å². The first-order valence-electron chi connectivity index (χ1n) is 5.97. The van der Waals surface area contributed by atoms with E-state index < -0.39 is 37.3 Å². The van der Waals surface area contributed by atoms with Crippen LogP contribution in [0.25, 0.3) is 0 Å². The predicted molar refractivity (Wildman–Crippen MR) is 62.0 cm³/mol. The van der Waals surface area contributed by atoms with Crippen molar-refractivity contribution >= 4 is 0 Å². The molecule has 0 saturated carbocycles. The Kier molecular flexibility index (Phi) is 4.72. The Bertz CT molecular complexity index is 480. The van der Waals surface area contributed by atoms with Crippen LogP contribution in [-0.2, 0) is 16.1 Å². The van der Waals surface area contributed by atoms with Gasteiger partial charge in [0.25, 0.3) is 0 Å². The van der Waals surface area contributed by atoms with Crippen molar-refractivity contribution in [2.24, 2.45) is 0 Å². The van der Waals surface area contributed by atoms with Gasteiger partial charge in [0.2, 0.25) is 5.76 Å². The van der Waals surface area contributed by atoms with Crippen molar-refractivity contribution in [3.05, 3.63) is 23.7 Å². The molecule has 0 aliphatic carbocycles. The van der Waals surface area contributed by atoms with E-state index in [1.54, 1.807) is 0 Å². The fourth-order valence-electron chi connectivity index (χ4n) is 1.88. The summed E-state index contributed by atoms with van der Waals surface area (Å²) in [6.07, 6.45) is -6.62. The van der Waals surface area contributed by atoms with Gasteiger partial charge in [-0.2, -0.15) is 5.26 Å². The van der Waals surface area contributed by atoms with Crippen LogP contribution < -0.4 is 0 Å². The van der Waals surface area contributed by atoms with E-state index in [1.807, 2.05) is 6.07 Å². The number of aliphatic hydroxyl groups is 4. The maximum atomic E-state index is 9.73. The lowest BCUT2D eigenvalue weighted by Gasteiger charge is -2.39. The molecule has 4 N–H and O–H groups in total. The molecule has 110 valence electrons. The van der Waals surface area contributed by atoms with Crippen LogP contribution in [0.1, 0.15) is 11.5 Å². The number of rotatable bonds is 4. The van der Waals surface area contributed by atoms with Crippen LogP contribution in [0.4, 0.5) is 0 Å². The average molecular weight is 285 g/mol. The minimum Gasteiger partial charge on any atom is -0.448 e. The van der Waals surface area contributed by atoms with Gasteiger partial charge < -0.3 is 34.3 Å². The minimum absolute atomic E-state index is 0.0929. The first-order valence-corrected chi connectivity index (χ1v) is 5.97. The molecule has 8 nitrogen and oxygen atoms in total. The molecule has 0 radical (unpaired) electrons. The summed E-state index contributed by atoms with van der Waals surface area (Å²) < 4.78 is 15.5. The fraction of sp³-hybridized carbons (Fsp3) is 0.583. The Hall–Kier alpha value is -1.47. The summed E-state index contributed by atoms with van der Waals surface area (Å²) in [4.78, 5) is 0. The van der Waals surface area contributed by atoms with Crippen LogP contribution in [0.15, 0.2) is 16.5 Å². The molecule has 1 aromatic heterocycles. The summed E-state index contributed by atoms with van der Waals surface area (Å²) in [6, 6.07) is 4.81. The quantitative estimate of drug-likeness (QED) is 0.523. The van der Waals surface area contributed by atoms with E-state index in [1.165, 1.54) is 12.1 Å². The maximum absolute atomic E-state index is 9.73. The van der Waals surface area contributed by atoms with Crippen molar-refractivity contribution in [3.8, 4) is 6.07 Å². The van der Waals surface area contributed by atoms with Gasteiger partial charge >= 0.3 is 0 Å². The zero-order valence-electron chi connectivity index (χ0n) is 10.4. The molecular weight excluding hydrogens is 270 g/mol. The zero-order valence-corrected chi connectivity index (χ0v) is 10.4. The second kappa shape index (κ2) is 6.32. The molecule has 8 heteroatoms. The van der Waals surface area contributed by atoms with E-state index in [2.05, 4.69) is 0 Å². The number of nitriles is 1. The van der Waals surface area contributed by atoms with E-state index >= 15 is 0 Å².